The van der Waals surface area contributed by atoms with Crippen molar-refractivity contribution in [3.05, 3.63) is 17.5 Å². The molecule has 0 spiro atoms. The fourth-order valence-electron chi connectivity index (χ4n) is 2.73. The molecule has 1 unspecified atom stereocenters. The maximum Gasteiger partial charge on any atom is 0.271 e. The van der Waals surface area contributed by atoms with E-state index in [1.807, 2.05) is 0 Å². The number of amides is 1. The smallest absolute Gasteiger partial charge is 0.271 e. The maximum absolute atomic E-state index is 12.1. The van der Waals surface area contributed by atoms with Gasteiger partial charge in [0.05, 0.1) is 6.10 Å². The number of likely N-dealkylation sites (tertiary alicyclic amines) is 1. The lowest BCUT2D eigenvalue weighted by molar-refractivity contribution is 0.0792. The minimum atomic E-state index is -0.548. The number of aromatic amines is 1. The summed E-state index contributed by atoms with van der Waals surface area (Å²) in [7, 11) is 0. The lowest BCUT2D eigenvalue weighted by Gasteiger charge is -2.31. The third kappa shape index (κ3) is 5.32. The number of carbonyl (C=O) groups excluding carboxylic acids is 1. The lowest BCUT2D eigenvalue weighted by Crippen LogP contribution is -2.43. The van der Waals surface area contributed by atoms with Crippen LogP contribution in [-0.2, 0) is 5.41 Å². The van der Waals surface area contributed by atoms with E-state index in [-0.39, 0.29) is 17.9 Å². The number of rotatable bonds is 5. The minimum absolute atomic E-state index is 0.0730. The summed E-state index contributed by atoms with van der Waals surface area (Å²) < 4.78 is 0. The summed E-state index contributed by atoms with van der Waals surface area (Å²) in [5, 5.41) is 19.8. The zero-order chi connectivity index (χ0) is 17.0. The van der Waals surface area contributed by atoms with E-state index in [1.54, 1.807) is 6.07 Å². The van der Waals surface area contributed by atoms with Gasteiger partial charge < -0.3 is 15.3 Å². The molecular formula is C17H30N4O2. The zero-order valence-electron chi connectivity index (χ0n) is 14.7. The van der Waals surface area contributed by atoms with Crippen LogP contribution in [0.15, 0.2) is 6.07 Å². The average Bonchev–Trinajstić information content (AvgIpc) is 2.97. The SMILES string of the molecule is CC1CCN(CC(O)CNC(=O)c2cc(C(C)(C)C)[nH]n2)CC1. The third-order valence-electron chi connectivity index (χ3n) is 4.46. The Morgan fingerprint density at radius 2 is 2.13 bits per heavy atom. The molecule has 2 heterocycles. The number of nitrogens with one attached hydrogen (secondary N) is 2. The van der Waals surface area contributed by atoms with Gasteiger partial charge in [-0.2, -0.15) is 5.10 Å². The molecule has 1 amide bonds. The molecule has 0 bridgehead atoms. The number of carbonyl (C=O) groups is 1. The van der Waals surface area contributed by atoms with E-state index in [4.69, 9.17) is 0 Å². The number of aromatic nitrogens is 2. The van der Waals surface area contributed by atoms with Crippen molar-refractivity contribution < 1.29 is 9.90 Å². The van der Waals surface area contributed by atoms with Crippen LogP contribution < -0.4 is 5.32 Å². The Bertz CT molecular complexity index is 513. The van der Waals surface area contributed by atoms with Gasteiger partial charge in [-0.3, -0.25) is 9.89 Å². The van der Waals surface area contributed by atoms with Crippen molar-refractivity contribution >= 4 is 5.91 Å². The quantitative estimate of drug-likeness (QED) is 0.768. The van der Waals surface area contributed by atoms with Crippen molar-refractivity contribution in [1.82, 2.24) is 20.4 Å². The summed E-state index contributed by atoms with van der Waals surface area (Å²) in [6.07, 6.45) is 1.82. The van der Waals surface area contributed by atoms with Gasteiger partial charge in [0.1, 0.15) is 5.69 Å². The molecule has 1 aromatic heterocycles. The Balaban J connectivity index is 1.76. The van der Waals surface area contributed by atoms with Crippen LogP contribution in [0.3, 0.4) is 0 Å². The van der Waals surface area contributed by atoms with Crippen LogP contribution in [0.5, 0.6) is 0 Å². The van der Waals surface area contributed by atoms with Crippen LogP contribution in [0.1, 0.15) is 56.7 Å². The van der Waals surface area contributed by atoms with E-state index >= 15 is 0 Å². The highest BCUT2D eigenvalue weighted by molar-refractivity contribution is 5.92. The van der Waals surface area contributed by atoms with E-state index in [0.29, 0.717) is 12.2 Å². The Morgan fingerprint density at radius 3 is 2.70 bits per heavy atom. The first-order valence-electron chi connectivity index (χ1n) is 8.50. The zero-order valence-corrected chi connectivity index (χ0v) is 14.7. The van der Waals surface area contributed by atoms with E-state index in [2.05, 4.69) is 48.1 Å². The van der Waals surface area contributed by atoms with Gasteiger partial charge in [0.2, 0.25) is 0 Å². The molecule has 130 valence electrons. The van der Waals surface area contributed by atoms with Gasteiger partial charge >= 0.3 is 0 Å². The minimum Gasteiger partial charge on any atom is -0.390 e. The monoisotopic (exact) mass is 322 g/mol. The Kier molecular flexibility index (Phi) is 5.81. The van der Waals surface area contributed by atoms with E-state index in [0.717, 1.165) is 24.7 Å². The summed E-state index contributed by atoms with van der Waals surface area (Å²) in [6, 6.07) is 1.77. The molecule has 0 radical (unpaired) electrons. The molecule has 1 aromatic rings. The second-order valence-electron chi connectivity index (χ2n) is 7.76. The van der Waals surface area contributed by atoms with Crippen molar-refractivity contribution in [3.63, 3.8) is 0 Å². The predicted octanol–water partition coefficient (Wildman–Crippen LogP) is 1.53. The molecular weight excluding hydrogens is 292 g/mol. The standard InChI is InChI=1S/C17H30N4O2/c1-12-5-7-21(8-6-12)11-13(22)10-18-16(23)14-9-15(20-19-14)17(2,3)4/h9,12-13,22H,5-8,10-11H2,1-4H3,(H,18,23)(H,19,20). The van der Waals surface area contributed by atoms with Crippen LogP contribution in [0.4, 0.5) is 0 Å². The highest BCUT2D eigenvalue weighted by Crippen LogP contribution is 2.20. The number of hydrogen-bond donors (Lipinski definition) is 3. The van der Waals surface area contributed by atoms with Gasteiger partial charge in [-0.05, 0) is 37.9 Å². The molecule has 6 heteroatoms. The largest absolute Gasteiger partial charge is 0.390 e. The van der Waals surface area contributed by atoms with Gasteiger partial charge in [-0.1, -0.05) is 27.7 Å². The van der Waals surface area contributed by atoms with Gasteiger partial charge in [-0.15, -0.1) is 0 Å². The molecule has 1 saturated heterocycles. The van der Waals surface area contributed by atoms with Gasteiger partial charge in [0.15, 0.2) is 0 Å². The second kappa shape index (κ2) is 7.45. The summed E-state index contributed by atoms with van der Waals surface area (Å²) >= 11 is 0. The van der Waals surface area contributed by atoms with Crippen LogP contribution in [0.25, 0.3) is 0 Å². The number of piperidine rings is 1. The molecule has 1 atom stereocenters. The molecule has 2 rings (SSSR count). The first kappa shape index (κ1) is 17.9. The number of hydrogen-bond acceptors (Lipinski definition) is 4. The summed E-state index contributed by atoms with van der Waals surface area (Å²) in [6.45, 7) is 11.4. The highest BCUT2D eigenvalue weighted by atomic mass is 16.3. The van der Waals surface area contributed by atoms with Crippen LogP contribution in [0, 0.1) is 5.92 Å². The van der Waals surface area contributed by atoms with Crippen LogP contribution in [-0.4, -0.2) is 58.4 Å². The van der Waals surface area contributed by atoms with Crippen molar-refractivity contribution in [2.24, 2.45) is 5.92 Å². The first-order valence-corrected chi connectivity index (χ1v) is 8.50. The Labute approximate surface area is 138 Å². The van der Waals surface area contributed by atoms with Gasteiger partial charge in [0, 0.05) is 24.2 Å². The number of aliphatic hydroxyl groups is 1. The predicted molar refractivity (Wildman–Crippen MR) is 90.5 cm³/mol. The topological polar surface area (TPSA) is 81.2 Å². The number of nitrogens with zero attached hydrogens (tertiary/aromatic N) is 2. The number of β-amino-alcohol motifs (C(OH)–C–C–N with tert-alkyl or cyclic N) is 1. The molecule has 1 aliphatic rings. The Morgan fingerprint density at radius 1 is 1.48 bits per heavy atom. The third-order valence-corrected chi connectivity index (χ3v) is 4.46. The first-order chi connectivity index (χ1) is 10.8. The normalized spacial score (nSPS) is 18.8. The van der Waals surface area contributed by atoms with E-state index in [1.165, 1.54) is 12.8 Å². The van der Waals surface area contributed by atoms with Crippen molar-refractivity contribution in [2.75, 3.05) is 26.2 Å². The molecule has 0 saturated carbocycles. The van der Waals surface area contributed by atoms with Crippen LogP contribution in [0.2, 0.25) is 0 Å². The lowest BCUT2D eigenvalue weighted by atomic mass is 9.92. The molecule has 3 N–H and O–H groups in total. The molecule has 1 fully saturated rings. The second-order valence-corrected chi connectivity index (χ2v) is 7.76. The fraction of sp³-hybridized carbons (Fsp3) is 0.765. The average molecular weight is 322 g/mol. The molecule has 23 heavy (non-hydrogen) atoms. The van der Waals surface area contributed by atoms with Crippen molar-refractivity contribution in [3.8, 4) is 0 Å². The number of aliphatic hydroxyl groups excluding tert-OH is 1. The van der Waals surface area contributed by atoms with E-state index < -0.39 is 6.10 Å². The molecule has 0 aliphatic carbocycles. The maximum atomic E-state index is 12.1. The molecule has 1 aliphatic heterocycles. The molecule has 6 nitrogen and oxygen atoms in total. The summed E-state index contributed by atoms with van der Waals surface area (Å²) in [4.78, 5) is 14.4. The highest BCUT2D eigenvalue weighted by Gasteiger charge is 2.21. The molecule has 0 aromatic carbocycles. The van der Waals surface area contributed by atoms with Crippen molar-refractivity contribution in [1.29, 1.82) is 0 Å². The van der Waals surface area contributed by atoms with Gasteiger partial charge in [0.25, 0.3) is 5.91 Å². The summed E-state index contributed by atoms with van der Waals surface area (Å²) in [5.41, 5.74) is 1.22. The number of H-pyrrole nitrogens is 1. The van der Waals surface area contributed by atoms with Gasteiger partial charge in [-0.25, -0.2) is 0 Å². The van der Waals surface area contributed by atoms with Crippen molar-refractivity contribution in [2.45, 2.75) is 52.1 Å². The summed E-state index contributed by atoms with van der Waals surface area (Å²) in [5.74, 6) is 0.530. The van der Waals surface area contributed by atoms with Crippen LogP contribution >= 0.6 is 0 Å². The Hall–Kier alpha value is -1.40. The fourth-order valence-corrected chi connectivity index (χ4v) is 2.73. The van der Waals surface area contributed by atoms with E-state index in [9.17, 15) is 9.90 Å².